The molecule has 1 aliphatic carbocycles. The van der Waals surface area contributed by atoms with Crippen molar-refractivity contribution in [3.63, 3.8) is 0 Å². The second-order valence-corrected chi connectivity index (χ2v) is 6.23. The molecule has 0 aliphatic heterocycles. The van der Waals surface area contributed by atoms with Gasteiger partial charge < -0.3 is 10.1 Å². The van der Waals surface area contributed by atoms with Crippen LogP contribution in [0.3, 0.4) is 0 Å². The number of nitrogens with one attached hydrogen (secondary N) is 1. The number of ether oxygens (including phenoxy) is 1. The fraction of sp³-hybridized carbons (Fsp3) is 0.444. The van der Waals surface area contributed by atoms with Crippen LogP contribution in [0, 0.1) is 12.8 Å². The molecule has 1 N–H and O–H groups in total. The summed E-state index contributed by atoms with van der Waals surface area (Å²) in [5.74, 6) is 1.32. The van der Waals surface area contributed by atoms with E-state index in [0.29, 0.717) is 18.6 Å². The Morgan fingerprint density at radius 3 is 2.83 bits per heavy atom. The topological polar surface area (TPSA) is 56.2 Å². The van der Waals surface area contributed by atoms with Crippen molar-refractivity contribution < 1.29 is 9.53 Å². The second kappa shape index (κ2) is 6.96. The lowest BCUT2D eigenvalue weighted by atomic mass is 10.2. The van der Waals surface area contributed by atoms with Gasteiger partial charge in [0.2, 0.25) is 0 Å². The SMILES string of the molecule is Cc1cnn([C@H](C)C2CC2)c1NC(=O)COCc1ccccc1. The van der Waals surface area contributed by atoms with Crippen molar-refractivity contribution in [2.24, 2.45) is 5.92 Å². The number of carbonyl (C=O) groups is 1. The molecular weight excluding hydrogens is 290 g/mol. The first-order chi connectivity index (χ1) is 11.1. The molecule has 0 radical (unpaired) electrons. The van der Waals surface area contributed by atoms with Crippen LogP contribution in [0.15, 0.2) is 36.5 Å². The van der Waals surface area contributed by atoms with Crippen LogP contribution in [-0.4, -0.2) is 22.3 Å². The van der Waals surface area contributed by atoms with Crippen LogP contribution < -0.4 is 5.32 Å². The van der Waals surface area contributed by atoms with Crippen molar-refractivity contribution in [3.05, 3.63) is 47.7 Å². The normalized spacial score (nSPS) is 15.4. The molecular formula is C18H23N3O2. The van der Waals surface area contributed by atoms with E-state index in [9.17, 15) is 4.79 Å². The first kappa shape index (κ1) is 15.7. The van der Waals surface area contributed by atoms with Crippen molar-refractivity contribution in [1.82, 2.24) is 9.78 Å². The average Bonchev–Trinajstić information content (AvgIpc) is 3.34. The minimum absolute atomic E-state index is 0.0390. The number of hydrogen-bond donors (Lipinski definition) is 1. The Balaban J connectivity index is 1.54. The summed E-state index contributed by atoms with van der Waals surface area (Å²) in [4.78, 5) is 12.1. The summed E-state index contributed by atoms with van der Waals surface area (Å²) in [5.41, 5.74) is 2.04. The van der Waals surface area contributed by atoms with Crippen LogP contribution in [0.1, 0.15) is 36.9 Å². The molecule has 0 bridgehead atoms. The van der Waals surface area contributed by atoms with Gasteiger partial charge in [-0.15, -0.1) is 0 Å². The summed E-state index contributed by atoms with van der Waals surface area (Å²) in [7, 11) is 0. The first-order valence-electron chi connectivity index (χ1n) is 8.11. The standard InChI is InChI=1S/C18H23N3O2/c1-13-10-19-21(14(2)16-8-9-16)18(13)20-17(22)12-23-11-15-6-4-3-5-7-15/h3-7,10,14,16H,8-9,11-12H2,1-2H3,(H,20,22)/t14-/m1/s1. The molecule has 1 heterocycles. The van der Waals surface area contributed by atoms with Crippen molar-refractivity contribution in [2.45, 2.75) is 39.3 Å². The number of aromatic nitrogens is 2. The van der Waals surface area contributed by atoms with Gasteiger partial charge in [-0.3, -0.25) is 4.79 Å². The summed E-state index contributed by atoms with van der Waals surface area (Å²) in [6.07, 6.45) is 4.29. The van der Waals surface area contributed by atoms with Crippen molar-refractivity contribution >= 4 is 11.7 Å². The van der Waals surface area contributed by atoms with Gasteiger partial charge in [-0.2, -0.15) is 5.10 Å². The predicted octanol–water partition coefficient (Wildman–Crippen LogP) is 3.32. The fourth-order valence-electron chi connectivity index (χ4n) is 2.70. The highest BCUT2D eigenvalue weighted by molar-refractivity contribution is 5.91. The molecule has 1 fully saturated rings. The van der Waals surface area contributed by atoms with Gasteiger partial charge in [-0.1, -0.05) is 30.3 Å². The highest BCUT2D eigenvalue weighted by Crippen LogP contribution is 2.40. The molecule has 0 spiro atoms. The van der Waals surface area contributed by atoms with Gasteiger partial charge in [0.15, 0.2) is 0 Å². The number of amides is 1. The Kier molecular flexibility index (Phi) is 4.76. The fourth-order valence-corrected chi connectivity index (χ4v) is 2.70. The van der Waals surface area contributed by atoms with Crippen LogP contribution in [0.25, 0.3) is 0 Å². The molecule has 122 valence electrons. The molecule has 23 heavy (non-hydrogen) atoms. The number of anilines is 1. The van der Waals surface area contributed by atoms with Crippen molar-refractivity contribution in [3.8, 4) is 0 Å². The Morgan fingerprint density at radius 1 is 1.39 bits per heavy atom. The van der Waals surface area contributed by atoms with E-state index in [1.165, 1.54) is 12.8 Å². The number of hydrogen-bond acceptors (Lipinski definition) is 3. The number of carbonyl (C=O) groups excluding carboxylic acids is 1. The zero-order valence-electron chi connectivity index (χ0n) is 13.7. The van der Waals surface area contributed by atoms with Crippen LogP contribution in [-0.2, 0) is 16.1 Å². The van der Waals surface area contributed by atoms with Crippen molar-refractivity contribution in [2.75, 3.05) is 11.9 Å². The van der Waals surface area contributed by atoms with Crippen molar-refractivity contribution in [1.29, 1.82) is 0 Å². The number of benzene rings is 1. The number of rotatable bonds is 7. The van der Waals surface area contributed by atoms with E-state index in [1.807, 2.05) is 41.9 Å². The van der Waals surface area contributed by atoms with E-state index in [0.717, 1.165) is 16.9 Å². The molecule has 5 heteroatoms. The molecule has 1 aliphatic rings. The molecule has 0 saturated heterocycles. The molecule has 5 nitrogen and oxygen atoms in total. The van der Waals surface area contributed by atoms with Crippen LogP contribution in [0.4, 0.5) is 5.82 Å². The van der Waals surface area contributed by atoms with Crippen LogP contribution >= 0.6 is 0 Å². The quantitative estimate of drug-likeness (QED) is 0.853. The third-order valence-electron chi connectivity index (χ3n) is 4.27. The maximum Gasteiger partial charge on any atom is 0.251 e. The van der Waals surface area contributed by atoms with Crippen LogP contribution in [0.2, 0.25) is 0 Å². The number of nitrogens with zero attached hydrogens (tertiary/aromatic N) is 2. The molecule has 1 aromatic heterocycles. The molecule has 1 amide bonds. The highest BCUT2D eigenvalue weighted by atomic mass is 16.5. The van der Waals surface area contributed by atoms with E-state index >= 15 is 0 Å². The number of aryl methyl sites for hydroxylation is 1. The van der Waals surface area contributed by atoms with Gasteiger partial charge in [-0.25, -0.2) is 4.68 Å². The zero-order valence-corrected chi connectivity index (χ0v) is 13.7. The van der Waals surface area contributed by atoms with E-state index in [1.54, 1.807) is 6.20 Å². The minimum atomic E-state index is -0.145. The van der Waals surface area contributed by atoms with Gasteiger partial charge in [0, 0.05) is 5.56 Å². The van der Waals surface area contributed by atoms with E-state index < -0.39 is 0 Å². The molecule has 2 aromatic rings. The molecule has 1 atom stereocenters. The summed E-state index contributed by atoms with van der Waals surface area (Å²) >= 11 is 0. The molecule has 0 unspecified atom stereocenters. The summed E-state index contributed by atoms with van der Waals surface area (Å²) in [6.45, 7) is 4.59. The van der Waals surface area contributed by atoms with E-state index in [2.05, 4.69) is 17.3 Å². The lowest BCUT2D eigenvalue weighted by Gasteiger charge is -2.16. The van der Waals surface area contributed by atoms with E-state index in [4.69, 9.17) is 4.74 Å². The van der Waals surface area contributed by atoms with Gasteiger partial charge in [0.1, 0.15) is 12.4 Å². The maximum absolute atomic E-state index is 12.1. The lowest BCUT2D eigenvalue weighted by molar-refractivity contribution is -0.121. The van der Waals surface area contributed by atoms with Gasteiger partial charge in [0.25, 0.3) is 5.91 Å². The Labute approximate surface area is 136 Å². The Bertz CT molecular complexity index is 662. The highest BCUT2D eigenvalue weighted by Gasteiger charge is 2.31. The van der Waals surface area contributed by atoms with Gasteiger partial charge in [0.05, 0.1) is 18.8 Å². The lowest BCUT2D eigenvalue weighted by Crippen LogP contribution is -2.22. The summed E-state index contributed by atoms with van der Waals surface area (Å²) in [6, 6.07) is 10.2. The zero-order chi connectivity index (χ0) is 16.2. The van der Waals surface area contributed by atoms with Gasteiger partial charge in [-0.05, 0) is 38.2 Å². The summed E-state index contributed by atoms with van der Waals surface area (Å²) in [5, 5.41) is 7.36. The van der Waals surface area contributed by atoms with Crippen LogP contribution in [0.5, 0.6) is 0 Å². The molecule has 3 rings (SSSR count). The average molecular weight is 313 g/mol. The Hall–Kier alpha value is -2.14. The summed E-state index contributed by atoms with van der Waals surface area (Å²) < 4.78 is 7.42. The largest absolute Gasteiger partial charge is 0.367 e. The molecule has 1 saturated carbocycles. The third-order valence-corrected chi connectivity index (χ3v) is 4.27. The monoisotopic (exact) mass is 313 g/mol. The van der Waals surface area contributed by atoms with E-state index in [-0.39, 0.29) is 12.5 Å². The molecule has 1 aromatic carbocycles. The predicted molar refractivity (Wildman–Crippen MR) is 89.1 cm³/mol. The minimum Gasteiger partial charge on any atom is -0.367 e. The third kappa shape index (κ3) is 3.99. The first-order valence-corrected chi connectivity index (χ1v) is 8.11. The Morgan fingerprint density at radius 2 is 2.13 bits per heavy atom. The second-order valence-electron chi connectivity index (χ2n) is 6.23. The maximum atomic E-state index is 12.1. The van der Waals surface area contributed by atoms with Gasteiger partial charge >= 0.3 is 0 Å². The smallest absolute Gasteiger partial charge is 0.251 e.